The summed E-state index contributed by atoms with van der Waals surface area (Å²) in [7, 11) is 3.89. The second kappa shape index (κ2) is 6.67. The molecule has 0 aromatic heterocycles. The molecule has 0 radical (unpaired) electrons. The molecule has 1 unspecified atom stereocenters. The molecular formula is C17H26N2O2. The maximum absolute atomic E-state index is 6.25. The van der Waals surface area contributed by atoms with Crippen molar-refractivity contribution in [3.8, 4) is 11.5 Å². The molecule has 2 fully saturated rings. The third kappa shape index (κ3) is 3.50. The zero-order chi connectivity index (χ0) is 14.7. The number of hydrogen-bond donors (Lipinski definition) is 1. The van der Waals surface area contributed by atoms with Crippen LogP contribution in [0.1, 0.15) is 30.7 Å². The van der Waals surface area contributed by atoms with E-state index in [9.17, 15) is 0 Å². The van der Waals surface area contributed by atoms with E-state index in [-0.39, 0.29) is 0 Å². The Balaban J connectivity index is 1.73. The van der Waals surface area contributed by atoms with Gasteiger partial charge in [-0.25, -0.2) is 0 Å². The van der Waals surface area contributed by atoms with Gasteiger partial charge in [-0.05, 0) is 56.5 Å². The molecule has 0 spiro atoms. The van der Waals surface area contributed by atoms with Crippen molar-refractivity contribution in [1.29, 1.82) is 0 Å². The third-order valence-electron chi connectivity index (χ3n) is 4.68. The highest BCUT2D eigenvalue weighted by Gasteiger charge is 2.22. The first-order valence-electron chi connectivity index (χ1n) is 8.00. The van der Waals surface area contributed by atoms with Crippen molar-refractivity contribution >= 4 is 0 Å². The summed E-state index contributed by atoms with van der Waals surface area (Å²) >= 11 is 0. The standard InChI is InChI=1S/C17H26N2O2/c1-19-9-6-15(7-10-19)21-17-11-13(3-4-16(17)20-2)14-5-8-18-12-14/h3-4,11,14-15,18H,5-10,12H2,1-2H3. The van der Waals surface area contributed by atoms with Gasteiger partial charge in [0.1, 0.15) is 6.10 Å². The van der Waals surface area contributed by atoms with Gasteiger partial charge in [0.15, 0.2) is 11.5 Å². The molecule has 0 saturated carbocycles. The third-order valence-corrected chi connectivity index (χ3v) is 4.68. The number of likely N-dealkylation sites (tertiary alicyclic amines) is 1. The van der Waals surface area contributed by atoms with Crippen molar-refractivity contribution in [3.63, 3.8) is 0 Å². The summed E-state index contributed by atoms with van der Waals surface area (Å²) in [4.78, 5) is 2.36. The Hall–Kier alpha value is -1.26. The molecule has 3 rings (SSSR count). The maximum atomic E-state index is 6.25. The average Bonchev–Trinajstić information content (AvgIpc) is 3.04. The minimum atomic E-state index is 0.312. The quantitative estimate of drug-likeness (QED) is 0.922. The molecule has 1 aromatic carbocycles. The summed E-state index contributed by atoms with van der Waals surface area (Å²) in [6, 6.07) is 6.42. The van der Waals surface area contributed by atoms with Crippen LogP contribution in [-0.2, 0) is 0 Å². The molecule has 4 nitrogen and oxygen atoms in total. The molecule has 2 saturated heterocycles. The van der Waals surface area contributed by atoms with Crippen LogP contribution in [0.3, 0.4) is 0 Å². The SMILES string of the molecule is COc1ccc(C2CCNC2)cc1OC1CCN(C)CC1. The van der Waals surface area contributed by atoms with Crippen LogP contribution >= 0.6 is 0 Å². The first-order valence-corrected chi connectivity index (χ1v) is 8.00. The Kier molecular flexibility index (Phi) is 4.66. The van der Waals surface area contributed by atoms with E-state index in [0.29, 0.717) is 12.0 Å². The fourth-order valence-corrected chi connectivity index (χ4v) is 3.26. The molecule has 2 aliphatic heterocycles. The van der Waals surface area contributed by atoms with Gasteiger partial charge in [0, 0.05) is 19.6 Å². The van der Waals surface area contributed by atoms with Crippen molar-refractivity contribution in [1.82, 2.24) is 10.2 Å². The minimum Gasteiger partial charge on any atom is -0.493 e. The van der Waals surface area contributed by atoms with Crippen molar-refractivity contribution in [2.24, 2.45) is 0 Å². The number of nitrogens with zero attached hydrogens (tertiary/aromatic N) is 1. The molecule has 2 aliphatic rings. The van der Waals surface area contributed by atoms with E-state index in [1.54, 1.807) is 7.11 Å². The maximum Gasteiger partial charge on any atom is 0.161 e. The predicted octanol–water partition coefficient (Wildman–Crippen LogP) is 2.25. The van der Waals surface area contributed by atoms with Gasteiger partial charge in [0.2, 0.25) is 0 Å². The monoisotopic (exact) mass is 290 g/mol. The van der Waals surface area contributed by atoms with Crippen molar-refractivity contribution < 1.29 is 9.47 Å². The van der Waals surface area contributed by atoms with Crippen LogP contribution < -0.4 is 14.8 Å². The second-order valence-corrected chi connectivity index (χ2v) is 6.22. The molecule has 1 aromatic rings. The summed E-state index contributed by atoms with van der Waals surface area (Å²) in [6.07, 6.45) is 3.70. The Bertz CT molecular complexity index is 464. The van der Waals surface area contributed by atoms with Gasteiger partial charge in [-0.3, -0.25) is 0 Å². The van der Waals surface area contributed by atoms with Crippen molar-refractivity contribution in [2.45, 2.75) is 31.3 Å². The van der Waals surface area contributed by atoms with Crippen molar-refractivity contribution in [2.75, 3.05) is 40.3 Å². The van der Waals surface area contributed by atoms with Crippen LogP contribution in [0.5, 0.6) is 11.5 Å². The zero-order valence-corrected chi connectivity index (χ0v) is 13.1. The minimum absolute atomic E-state index is 0.312. The summed E-state index contributed by atoms with van der Waals surface area (Å²) in [5, 5.41) is 3.43. The molecule has 4 heteroatoms. The molecule has 1 N–H and O–H groups in total. The second-order valence-electron chi connectivity index (χ2n) is 6.22. The fraction of sp³-hybridized carbons (Fsp3) is 0.647. The highest BCUT2D eigenvalue weighted by atomic mass is 16.5. The molecule has 116 valence electrons. The number of ether oxygens (including phenoxy) is 2. The van der Waals surface area contributed by atoms with Crippen LogP contribution in [0.15, 0.2) is 18.2 Å². The highest BCUT2D eigenvalue weighted by Crippen LogP contribution is 2.34. The van der Waals surface area contributed by atoms with Crippen LogP contribution in [-0.4, -0.2) is 51.3 Å². The Morgan fingerprint density at radius 2 is 1.95 bits per heavy atom. The van der Waals surface area contributed by atoms with Gasteiger partial charge in [0.25, 0.3) is 0 Å². The summed E-state index contributed by atoms with van der Waals surface area (Å²) in [5.41, 5.74) is 1.36. The molecule has 0 bridgehead atoms. The van der Waals surface area contributed by atoms with E-state index in [0.717, 1.165) is 50.5 Å². The highest BCUT2D eigenvalue weighted by molar-refractivity contribution is 5.44. The van der Waals surface area contributed by atoms with E-state index in [1.165, 1.54) is 12.0 Å². The zero-order valence-electron chi connectivity index (χ0n) is 13.1. The van der Waals surface area contributed by atoms with Crippen LogP contribution in [0.25, 0.3) is 0 Å². The summed E-state index contributed by atoms with van der Waals surface area (Å²) in [6.45, 7) is 4.40. The lowest BCUT2D eigenvalue weighted by Crippen LogP contribution is -2.35. The van der Waals surface area contributed by atoms with E-state index >= 15 is 0 Å². The van der Waals surface area contributed by atoms with Gasteiger partial charge in [0.05, 0.1) is 7.11 Å². The molecule has 2 heterocycles. The van der Waals surface area contributed by atoms with Crippen LogP contribution in [0.4, 0.5) is 0 Å². The lowest BCUT2D eigenvalue weighted by atomic mass is 9.98. The van der Waals surface area contributed by atoms with E-state index < -0.39 is 0 Å². The van der Waals surface area contributed by atoms with Gasteiger partial charge in [-0.2, -0.15) is 0 Å². The number of nitrogens with one attached hydrogen (secondary N) is 1. The van der Waals surface area contributed by atoms with Gasteiger partial charge < -0.3 is 19.7 Å². The van der Waals surface area contributed by atoms with Crippen molar-refractivity contribution in [3.05, 3.63) is 23.8 Å². The number of methoxy groups -OCH3 is 1. The van der Waals surface area contributed by atoms with E-state index in [1.807, 2.05) is 0 Å². The van der Waals surface area contributed by atoms with Crippen LogP contribution in [0.2, 0.25) is 0 Å². The smallest absolute Gasteiger partial charge is 0.161 e. The number of piperidine rings is 1. The lowest BCUT2D eigenvalue weighted by molar-refractivity contribution is 0.111. The fourth-order valence-electron chi connectivity index (χ4n) is 3.26. The van der Waals surface area contributed by atoms with Gasteiger partial charge in [-0.15, -0.1) is 0 Å². The molecular weight excluding hydrogens is 264 g/mol. The number of rotatable bonds is 4. The van der Waals surface area contributed by atoms with E-state index in [4.69, 9.17) is 9.47 Å². The van der Waals surface area contributed by atoms with E-state index in [2.05, 4.69) is 35.5 Å². The molecule has 0 aliphatic carbocycles. The Morgan fingerprint density at radius 1 is 1.14 bits per heavy atom. The van der Waals surface area contributed by atoms with Gasteiger partial charge >= 0.3 is 0 Å². The predicted molar refractivity (Wildman–Crippen MR) is 84.4 cm³/mol. The Labute approximate surface area is 127 Å². The average molecular weight is 290 g/mol. The van der Waals surface area contributed by atoms with Gasteiger partial charge in [-0.1, -0.05) is 6.07 Å². The molecule has 0 amide bonds. The molecule has 1 atom stereocenters. The first kappa shape index (κ1) is 14.7. The number of benzene rings is 1. The summed E-state index contributed by atoms with van der Waals surface area (Å²) in [5.74, 6) is 2.37. The largest absolute Gasteiger partial charge is 0.493 e. The summed E-state index contributed by atoms with van der Waals surface area (Å²) < 4.78 is 11.7. The molecule has 21 heavy (non-hydrogen) atoms. The first-order chi connectivity index (χ1) is 10.3. The Morgan fingerprint density at radius 3 is 2.62 bits per heavy atom. The topological polar surface area (TPSA) is 33.7 Å². The van der Waals surface area contributed by atoms with Crippen LogP contribution in [0, 0.1) is 0 Å². The number of hydrogen-bond acceptors (Lipinski definition) is 4. The normalized spacial score (nSPS) is 24.2. The lowest BCUT2D eigenvalue weighted by Gasteiger charge is -2.30.